The van der Waals surface area contributed by atoms with Gasteiger partial charge in [0, 0.05) is 24.9 Å². The lowest BCUT2D eigenvalue weighted by Crippen LogP contribution is -2.36. The second kappa shape index (κ2) is 5.93. The Morgan fingerprint density at radius 3 is 2.92 bits per heavy atom. The van der Waals surface area contributed by atoms with Gasteiger partial charge in [0.25, 0.3) is 5.91 Å². The van der Waals surface area contributed by atoms with Gasteiger partial charge in [-0.2, -0.15) is 0 Å². The molecule has 1 aliphatic carbocycles. The van der Waals surface area contributed by atoms with E-state index >= 15 is 0 Å². The van der Waals surface area contributed by atoms with E-state index in [0.717, 1.165) is 37.9 Å². The zero-order valence-corrected chi connectivity index (χ0v) is 16.0. The van der Waals surface area contributed by atoms with Crippen molar-refractivity contribution in [2.24, 2.45) is 5.92 Å². The van der Waals surface area contributed by atoms with Crippen molar-refractivity contribution in [1.82, 2.24) is 25.1 Å². The third kappa shape index (κ3) is 2.56. The number of carbonyl (C=O) groups excluding carboxylic acids is 1. The van der Waals surface area contributed by atoms with Crippen LogP contribution in [0.25, 0.3) is 0 Å². The number of amides is 1. The molecular formula is C19H27N5O2. The van der Waals surface area contributed by atoms with Crippen LogP contribution in [0, 0.1) is 5.92 Å². The van der Waals surface area contributed by atoms with Crippen molar-refractivity contribution in [1.29, 1.82) is 0 Å². The summed E-state index contributed by atoms with van der Waals surface area (Å²) in [6.07, 6.45) is 5.59. The fraction of sp³-hybridized carbons (Fsp3) is 0.684. The molecule has 4 rings (SSSR count). The highest BCUT2D eigenvalue weighted by atomic mass is 16.4. The predicted octanol–water partition coefficient (Wildman–Crippen LogP) is 2.85. The fourth-order valence-electron chi connectivity index (χ4n) is 4.57. The van der Waals surface area contributed by atoms with Crippen LogP contribution in [0.3, 0.4) is 0 Å². The Kier molecular flexibility index (Phi) is 3.93. The molecule has 7 heteroatoms. The Hall–Kier alpha value is -2.18. The summed E-state index contributed by atoms with van der Waals surface area (Å²) in [5.74, 6) is 1.77. The van der Waals surface area contributed by atoms with Gasteiger partial charge >= 0.3 is 0 Å². The molecule has 0 radical (unpaired) electrons. The van der Waals surface area contributed by atoms with Crippen molar-refractivity contribution in [2.45, 2.75) is 64.2 Å². The normalized spacial score (nSPS) is 25.7. The van der Waals surface area contributed by atoms with E-state index < -0.39 is 0 Å². The highest BCUT2D eigenvalue weighted by molar-refractivity contribution is 5.94. The van der Waals surface area contributed by atoms with Gasteiger partial charge in [0.05, 0.1) is 17.4 Å². The lowest BCUT2D eigenvalue weighted by Gasteiger charge is -2.25. The molecule has 7 nitrogen and oxygen atoms in total. The summed E-state index contributed by atoms with van der Waals surface area (Å²) in [5, 5.41) is 8.50. The Morgan fingerprint density at radius 2 is 2.23 bits per heavy atom. The van der Waals surface area contributed by atoms with Gasteiger partial charge in [-0.25, -0.2) is 4.98 Å². The van der Waals surface area contributed by atoms with Crippen LogP contribution in [-0.2, 0) is 17.3 Å². The summed E-state index contributed by atoms with van der Waals surface area (Å²) >= 11 is 0. The van der Waals surface area contributed by atoms with Crippen LogP contribution in [0.15, 0.2) is 10.7 Å². The number of hydrogen-bond acceptors (Lipinski definition) is 5. The minimum absolute atomic E-state index is 0.000167. The summed E-state index contributed by atoms with van der Waals surface area (Å²) in [6, 6.07) is 0. The van der Waals surface area contributed by atoms with Crippen molar-refractivity contribution in [3.05, 3.63) is 29.5 Å². The zero-order valence-electron chi connectivity index (χ0n) is 16.0. The molecule has 0 spiro atoms. The molecule has 1 aliphatic heterocycles. The predicted molar refractivity (Wildman–Crippen MR) is 95.9 cm³/mol. The summed E-state index contributed by atoms with van der Waals surface area (Å²) in [4.78, 5) is 22.6. The highest BCUT2D eigenvalue weighted by Gasteiger charge is 2.55. The first-order valence-corrected chi connectivity index (χ1v) is 9.51. The second-order valence-corrected chi connectivity index (χ2v) is 8.66. The summed E-state index contributed by atoms with van der Waals surface area (Å²) in [5.41, 5.74) is 1.08. The SMILES string of the molecule is CCc1nnc([C@]23CCC[C@H]2CN(C(=O)c2nc[nH]c2C(C)(C)C)C3)o1. The monoisotopic (exact) mass is 357 g/mol. The van der Waals surface area contributed by atoms with E-state index in [-0.39, 0.29) is 16.7 Å². The lowest BCUT2D eigenvalue weighted by molar-refractivity contribution is 0.0767. The zero-order chi connectivity index (χ0) is 18.5. The minimum Gasteiger partial charge on any atom is -0.425 e. The maximum Gasteiger partial charge on any atom is 0.274 e. The summed E-state index contributed by atoms with van der Waals surface area (Å²) < 4.78 is 5.94. The van der Waals surface area contributed by atoms with Crippen LogP contribution in [0.4, 0.5) is 0 Å². The average molecular weight is 357 g/mol. The van der Waals surface area contributed by atoms with Gasteiger partial charge in [0.2, 0.25) is 11.8 Å². The molecular weight excluding hydrogens is 330 g/mol. The first-order valence-electron chi connectivity index (χ1n) is 9.51. The molecule has 2 fully saturated rings. The Morgan fingerprint density at radius 1 is 1.42 bits per heavy atom. The molecule has 2 aromatic rings. The van der Waals surface area contributed by atoms with Gasteiger partial charge in [-0.05, 0) is 18.8 Å². The van der Waals surface area contributed by atoms with E-state index in [1.807, 2.05) is 11.8 Å². The van der Waals surface area contributed by atoms with Crippen LogP contribution >= 0.6 is 0 Å². The van der Waals surface area contributed by atoms with E-state index in [4.69, 9.17) is 4.42 Å². The van der Waals surface area contributed by atoms with Crippen LogP contribution in [-0.4, -0.2) is 44.1 Å². The van der Waals surface area contributed by atoms with E-state index in [9.17, 15) is 4.79 Å². The van der Waals surface area contributed by atoms with Crippen molar-refractivity contribution in [3.8, 4) is 0 Å². The molecule has 0 bridgehead atoms. The third-order valence-corrected chi connectivity index (χ3v) is 5.95. The Labute approximate surface area is 153 Å². The van der Waals surface area contributed by atoms with Crippen molar-refractivity contribution < 1.29 is 9.21 Å². The van der Waals surface area contributed by atoms with Crippen molar-refractivity contribution in [3.63, 3.8) is 0 Å². The number of aromatic nitrogens is 4. The van der Waals surface area contributed by atoms with Gasteiger partial charge in [0.1, 0.15) is 5.69 Å². The number of rotatable bonds is 3. The molecule has 0 unspecified atom stereocenters. The van der Waals surface area contributed by atoms with Crippen molar-refractivity contribution >= 4 is 5.91 Å². The minimum atomic E-state index is -0.186. The highest BCUT2D eigenvalue weighted by Crippen LogP contribution is 2.50. The molecule has 1 saturated carbocycles. The molecule has 26 heavy (non-hydrogen) atoms. The van der Waals surface area contributed by atoms with E-state index in [0.29, 0.717) is 29.9 Å². The van der Waals surface area contributed by atoms with Crippen LogP contribution in [0.1, 0.15) is 74.9 Å². The van der Waals surface area contributed by atoms with E-state index in [1.165, 1.54) is 0 Å². The van der Waals surface area contributed by atoms with Gasteiger partial charge in [-0.1, -0.05) is 34.1 Å². The smallest absolute Gasteiger partial charge is 0.274 e. The van der Waals surface area contributed by atoms with Gasteiger partial charge in [-0.3, -0.25) is 4.79 Å². The number of aryl methyl sites for hydroxylation is 1. The maximum atomic E-state index is 13.2. The molecule has 2 aromatic heterocycles. The number of imidazole rings is 1. The third-order valence-electron chi connectivity index (χ3n) is 5.95. The first kappa shape index (κ1) is 17.2. The quantitative estimate of drug-likeness (QED) is 0.912. The number of hydrogen-bond donors (Lipinski definition) is 1. The average Bonchev–Trinajstić information content (AvgIpc) is 3.33. The second-order valence-electron chi connectivity index (χ2n) is 8.66. The largest absolute Gasteiger partial charge is 0.425 e. The number of likely N-dealkylation sites (tertiary alicyclic amines) is 1. The fourth-order valence-corrected chi connectivity index (χ4v) is 4.57. The molecule has 1 saturated heterocycles. The molecule has 140 valence electrons. The Balaban J connectivity index is 1.63. The van der Waals surface area contributed by atoms with Gasteiger partial charge in [0.15, 0.2) is 0 Å². The topological polar surface area (TPSA) is 87.9 Å². The maximum absolute atomic E-state index is 13.2. The number of nitrogens with one attached hydrogen (secondary N) is 1. The van der Waals surface area contributed by atoms with E-state index in [1.54, 1.807) is 6.33 Å². The van der Waals surface area contributed by atoms with Gasteiger partial charge < -0.3 is 14.3 Å². The molecule has 1 amide bonds. The van der Waals surface area contributed by atoms with Crippen LogP contribution < -0.4 is 0 Å². The molecule has 2 atom stereocenters. The Bertz CT molecular complexity index is 818. The first-order chi connectivity index (χ1) is 12.3. The van der Waals surface area contributed by atoms with Gasteiger partial charge in [-0.15, -0.1) is 10.2 Å². The number of nitrogens with zero attached hydrogens (tertiary/aromatic N) is 4. The summed E-state index contributed by atoms with van der Waals surface area (Å²) in [6.45, 7) is 9.64. The number of aromatic amines is 1. The molecule has 1 N–H and O–H groups in total. The molecule has 3 heterocycles. The van der Waals surface area contributed by atoms with Crippen LogP contribution in [0.2, 0.25) is 0 Å². The molecule has 0 aromatic carbocycles. The number of H-pyrrole nitrogens is 1. The number of fused-ring (bicyclic) bond motifs is 1. The summed E-state index contributed by atoms with van der Waals surface area (Å²) in [7, 11) is 0. The van der Waals surface area contributed by atoms with Crippen molar-refractivity contribution in [2.75, 3.05) is 13.1 Å². The number of carbonyl (C=O) groups is 1. The lowest BCUT2D eigenvalue weighted by atomic mass is 9.80. The van der Waals surface area contributed by atoms with Crippen LogP contribution in [0.5, 0.6) is 0 Å². The standard InChI is InChI=1S/C19H27N5O2/c1-5-13-22-23-17(26-13)19-8-6-7-12(19)9-24(10-19)16(25)14-15(18(2,3)4)21-11-20-14/h11-12H,5-10H2,1-4H3,(H,20,21)/t12-,19-/m0/s1. The van der Waals surface area contributed by atoms with E-state index in [2.05, 4.69) is 40.9 Å². The molecule has 2 aliphatic rings.